The number of hydrogen-bond donors (Lipinski definition) is 0. The van der Waals surface area contributed by atoms with Gasteiger partial charge in [-0.3, -0.25) is 9.59 Å². The summed E-state index contributed by atoms with van der Waals surface area (Å²) in [5, 5.41) is 0. The SMILES string of the molecule is COc1cc(/C=C2\C(=O)N(c3cccc(C(F)(F)F)c3)C(=O)c3ccccc32)cc(OC)c1OC. The number of ether oxygens (including phenoxy) is 3. The Labute approximate surface area is 199 Å². The minimum Gasteiger partial charge on any atom is -0.493 e. The van der Waals surface area contributed by atoms with Crippen LogP contribution in [0.1, 0.15) is 27.0 Å². The number of amides is 2. The van der Waals surface area contributed by atoms with Gasteiger partial charge in [0.15, 0.2) is 11.5 Å². The number of fused-ring (bicyclic) bond motifs is 1. The molecule has 180 valence electrons. The van der Waals surface area contributed by atoms with E-state index in [9.17, 15) is 22.8 Å². The lowest BCUT2D eigenvalue weighted by Crippen LogP contribution is -2.41. The second-order valence-corrected chi connectivity index (χ2v) is 7.56. The Balaban J connectivity index is 1.90. The molecular formula is C26H20F3NO5. The van der Waals surface area contributed by atoms with E-state index in [1.54, 1.807) is 30.3 Å². The monoisotopic (exact) mass is 483 g/mol. The average Bonchev–Trinajstić information content (AvgIpc) is 2.85. The van der Waals surface area contributed by atoms with Crippen LogP contribution in [0.3, 0.4) is 0 Å². The van der Waals surface area contributed by atoms with Crippen molar-refractivity contribution in [3.63, 3.8) is 0 Å². The largest absolute Gasteiger partial charge is 0.493 e. The van der Waals surface area contributed by atoms with E-state index in [-0.39, 0.29) is 16.8 Å². The topological polar surface area (TPSA) is 65.1 Å². The summed E-state index contributed by atoms with van der Waals surface area (Å²) in [6.45, 7) is 0. The first-order valence-corrected chi connectivity index (χ1v) is 10.4. The zero-order valence-corrected chi connectivity index (χ0v) is 19.0. The maximum Gasteiger partial charge on any atom is 0.416 e. The highest BCUT2D eigenvalue weighted by Gasteiger charge is 2.37. The number of alkyl halides is 3. The highest BCUT2D eigenvalue weighted by molar-refractivity contribution is 6.43. The van der Waals surface area contributed by atoms with Gasteiger partial charge in [0.1, 0.15) is 0 Å². The maximum absolute atomic E-state index is 13.6. The fourth-order valence-corrected chi connectivity index (χ4v) is 3.90. The molecule has 6 nitrogen and oxygen atoms in total. The van der Waals surface area contributed by atoms with Gasteiger partial charge in [-0.15, -0.1) is 0 Å². The van der Waals surface area contributed by atoms with Gasteiger partial charge in [-0.1, -0.05) is 24.3 Å². The summed E-state index contributed by atoms with van der Waals surface area (Å²) in [4.78, 5) is 27.5. The van der Waals surface area contributed by atoms with Gasteiger partial charge >= 0.3 is 6.18 Å². The van der Waals surface area contributed by atoms with Crippen LogP contribution in [-0.2, 0) is 11.0 Å². The summed E-state index contributed by atoms with van der Waals surface area (Å²) in [5.41, 5.74) is 0.00953. The minimum atomic E-state index is -4.63. The summed E-state index contributed by atoms with van der Waals surface area (Å²) < 4.78 is 56.0. The number of carbonyl (C=O) groups excluding carboxylic acids is 2. The molecule has 0 saturated carbocycles. The Morgan fingerprint density at radius 2 is 1.40 bits per heavy atom. The van der Waals surface area contributed by atoms with Crippen molar-refractivity contribution in [1.29, 1.82) is 0 Å². The number of nitrogens with zero attached hydrogens (tertiary/aromatic N) is 1. The molecule has 1 heterocycles. The van der Waals surface area contributed by atoms with Gasteiger partial charge in [0.05, 0.1) is 32.6 Å². The van der Waals surface area contributed by atoms with Gasteiger partial charge in [-0.05, 0) is 53.6 Å². The lowest BCUT2D eigenvalue weighted by Gasteiger charge is -2.29. The van der Waals surface area contributed by atoms with Crippen molar-refractivity contribution < 1.29 is 37.0 Å². The van der Waals surface area contributed by atoms with Gasteiger partial charge in [-0.25, -0.2) is 4.90 Å². The summed E-state index contributed by atoms with van der Waals surface area (Å²) in [5.74, 6) is -0.427. The molecule has 1 aliphatic rings. The number of anilines is 1. The summed E-state index contributed by atoms with van der Waals surface area (Å²) in [6, 6.07) is 13.8. The maximum atomic E-state index is 13.6. The van der Waals surface area contributed by atoms with Gasteiger partial charge in [-0.2, -0.15) is 13.2 Å². The fraction of sp³-hybridized carbons (Fsp3) is 0.154. The number of rotatable bonds is 5. The van der Waals surface area contributed by atoms with Gasteiger partial charge in [0.25, 0.3) is 11.8 Å². The standard InChI is InChI=1S/C26H20F3NO5/c1-33-21-12-15(13-22(34-2)23(21)35-3)11-20-18-9-4-5-10-19(18)24(31)30(25(20)32)17-8-6-7-16(14-17)26(27,28)29/h4-14H,1-3H3/b20-11-. The van der Waals surface area contributed by atoms with E-state index in [0.29, 0.717) is 28.4 Å². The molecule has 35 heavy (non-hydrogen) atoms. The number of imide groups is 1. The molecule has 0 unspecified atom stereocenters. The molecule has 3 aromatic carbocycles. The third-order valence-corrected chi connectivity index (χ3v) is 5.51. The highest BCUT2D eigenvalue weighted by atomic mass is 19.4. The van der Waals surface area contributed by atoms with Crippen molar-refractivity contribution in [1.82, 2.24) is 0 Å². The molecule has 9 heteroatoms. The van der Waals surface area contributed by atoms with E-state index in [2.05, 4.69) is 0 Å². The molecule has 0 spiro atoms. The fourth-order valence-electron chi connectivity index (χ4n) is 3.90. The molecule has 1 aliphatic heterocycles. The average molecular weight is 483 g/mol. The Kier molecular flexibility index (Phi) is 6.26. The lowest BCUT2D eigenvalue weighted by molar-refractivity contribution is -0.137. The molecule has 0 N–H and O–H groups in total. The Hall–Kier alpha value is -4.27. The lowest BCUT2D eigenvalue weighted by atomic mass is 9.91. The number of methoxy groups -OCH3 is 3. The first kappa shape index (κ1) is 23.9. The number of carbonyl (C=O) groups is 2. The van der Waals surface area contributed by atoms with E-state index in [0.717, 1.165) is 23.1 Å². The van der Waals surface area contributed by atoms with Crippen molar-refractivity contribution in [2.24, 2.45) is 0 Å². The minimum absolute atomic E-state index is 0.117. The zero-order chi connectivity index (χ0) is 25.3. The van der Waals surface area contributed by atoms with Crippen LogP contribution >= 0.6 is 0 Å². The van der Waals surface area contributed by atoms with Gasteiger partial charge < -0.3 is 14.2 Å². The van der Waals surface area contributed by atoms with Crippen molar-refractivity contribution in [2.75, 3.05) is 26.2 Å². The van der Waals surface area contributed by atoms with Crippen LogP contribution in [0.5, 0.6) is 17.2 Å². The molecule has 0 aromatic heterocycles. The number of benzene rings is 3. The molecule has 0 fully saturated rings. The van der Waals surface area contributed by atoms with Gasteiger partial charge in [0, 0.05) is 11.1 Å². The molecule has 0 aliphatic carbocycles. The van der Waals surface area contributed by atoms with Crippen molar-refractivity contribution in [2.45, 2.75) is 6.18 Å². The molecule has 3 aromatic rings. The predicted molar refractivity (Wildman–Crippen MR) is 124 cm³/mol. The predicted octanol–water partition coefficient (Wildman–Crippen LogP) is 5.46. The molecular weight excluding hydrogens is 463 g/mol. The van der Waals surface area contributed by atoms with Crippen LogP contribution in [0, 0.1) is 0 Å². The van der Waals surface area contributed by atoms with E-state index >= 15 is 0 Å². The summed E-state index contributed by atoms with van der Waals surface area (Å²) in [6.07, 6.45) is -3.11. The molecule has 0 bridgehead atoms. The van der Waals surface area contributed by atoms with E-state index in [1.165, 1.54) is 39.5 Å². The van der Waals surface area contributed by atoms with Crippen LogP contribution < -0.4 is 19.1 Å². The zero-order valence-electron chi connectivity index (χ0n) is 19.0. The first-order chi connectivity index (χ1) is 16.7. The van der Waals surface area contributed by atoms with Crippen molar-refractivity contribution >= 4 is 29.2 Å². The van der Waals surface area contributed by atoms with Crippen LogP contribution in [-0.4, -0.2) is 33.1 Å². The Morgan fingerprint density at radius 3 is 1.97 bits per heavy atom. The molecule has 0 atom stereocenters. The smallest absolute Gasteiger partial charge is 0.416 e. The van der Waals surface area contributed by atoms with Crippen LogP contribution in [0.4, 0.5) is 18.9 Å². The normalized spacial score (nSPS) is 14.7. The molecule has 0 radical (unpaired) electrons. The number of hydrogen-bond acceptors (Lipinski definition) is 5. The summed E-state index contributed by atoms with van der Waals surface area (Å²) >= 11 is 0. The quantitative estimate of drug-likeness (QED) is 0.356. The molecule has 0 saturated heterocycles. The van der Waals surface area contributed by atoms with Crippen LogP contribution in [0.15, 0.2) is 60.7 Å². The summed E-state index contributed by atoms with van der Waals surface area (Å²) in [7, 11) is 4.35. The second-order valence-electron chi connectivity index (χ2n) is 7.56. The van der Waals surface area contributed by atoms with Crippen LogP contribution in [0.2, 0.25) is 0 Å². The van der Waals surface area contributed by atoms with Crippen molar-refractivity contribution in [3.8, 4) is 17.2 Å². The molecule has 2 amide bonds. The third-order valence-electron chi connectivity index (χ3n) is 5.51. The third kappa shape index (κ3) is 4.32. The van der Waals surface area contributed by atoms with E-state index < -0.39 is 23.6 Å². The second kappa shape index (κ2) is 9.17. The van der Waals surface area contributed by atoms with E-state index in [1.807, 2.05) is 0 Å². The Morgan fingerprint density at radius 1 is 0.771 bits per heavy atom. The van der Waals surface area contributed by atoms with Gasteiger partial charge in [0.2, 0.25) is 5.75 Å². The first-order valence-electron chi connectivity index (χ1n) is 10.4. The Bertz CT molecular complexity index is 1320. The van der Waals surface area contributed by atoms with Crippen LogP contribution in [0.25, 0.3) is 11.6 Å². The number of halogens is 3. The molecule has 4 rings (SSSR count). The van der Waals surface area contributed by atoms with E-state index in [4.69, 9.17) is 14.2 Å². The van der Waals surface area contributed by atoms with Crippen molar-refractivity contribution in [3.05, 3.63) is 82.9 Å². The highest BCUT2D eigenvalue weighted by Crippen LogP contribution is 2.41.